The molecule has 1 N–H and O–H groups in total. The van der Waals surface area contributed by atoms with Gasteiger partial charge in [-0.05, 0) is 31.6 Å². The average Bonchev–Trinajstić information content (AvgIpc) is 3.27. The van der Waals surface area contributed by atoms with Crippen LogP contribution in [0.4, 0.5) is 5.69 Å². The van der Waals surface area contributed by atoms with Gasteiger partial charge in [0.05, 0.1) is 5.69 Å². The van der Waals surface area contributed by atoms with Crippen LogP contribution < -0.4 is 14.8 Å². The van der Waals surface area contributed by atoms with Crippen molar-refractivity contribution in [2.24, 2.45) is 0 Å². The van der Waals surface area contributed by atoms with Crippen molar-refractivity contribution in [3.63, 3.8) is 0 Å². The van der Waals surface area contributed by atoms with Crippen LogP contribution >= 0.6 is 11.6 Å². The number of fused-ring (bicyclic) bond motifs is 1. The van der Waals surface area contributed by atoms with Crippen LogP contribution in [0.1, 0.15) is 31.0 Å². The Morgan fingerprint density at radius 3 is 2.93 bits per heavy atom. The van der Waals surface area contributed by atoms with Crippen LogP contribution in [-0.2, 0) is 20.9 Å². The smallest absolute Gasteiger partial charge is 0.331 e. The van der Waals surface area contributed by atoms with Crippen LogP contribution in [0.15, 0.2) is 24.3 Å². The number of ether oxygens (including phenoxy) is 3. The van der Waals surface area contributed by atoms with E-state index in [9.17, 15) is 9.59 Å². The Bertz CT molecular complexity index is 938. The zero-order chi connectivity index (χ0) is 20.8. The van der Waals surface area contributed by atoms with E-state index >= 15 is 0 Å². The third-order valence-electron chi connectivity index (χ3n) is 4.22. The molecule has 1 aromatic heterocycles. The second-order valence-corrected chi connectivity index (χ2v) is 6.78. The molecule has 1 amide bonds. The molecule has 1 aromatic carbocycles. The summed E-state index contributed by atoms with van der Waals surface area (Å²) in [4.78, 5) is 23.9. The quantitative estimate of drug-likeness (QED) is 0.519. The molecule has 0 saturated heterocycles. The summed E-state index contributed by atoms with van der Waals surface area (Å²) in [5, 5.41) is 7.47. The number of nitrogens with zero attached hydrogens (tertiary/aromatic N) is 2. The second-order valence-electron chi connectivity index (χ2n) is 6.42. The van der Waals surface area contributed by atoms with E-state index in [-0.39, 0.29) is 6.79 Å². The van der Waals surface area contributed by atoms with E-state index in [4.69, 9.17) is 25.8 Å². The minimum Gasteiger partial charge on any atom is -0.454 e. The van der Waals surface area contributed by atoms with Crippen LogP contribution in [0.25, 0.3) is 6.08 Å². The van der Waals surface area contributed by atoms with E-state index in [0.717, 1.165) is 18.5 Å². The number of rotatable bonds is 8. The lowest BCUT2D eigenvalue weighted by molar-refractivity contribution is -0.142. The zero-order valence-electron chi connectivity index (χ0n) is 16.2. The highest BCUT2D eigenvalue weighted by Gasteiger charge is 2.15. The van der Waals surface area contributed by atoms with Crippen LogP contribution in [0.5, 0.6) is 11.5 Å². The van der Waals surface area contributed by atoms with Crippen molar-refractivity contribution in [1.82, 2.24) is 9.78 Å². The number of aryl methyl sites for hydroxylation is 2. The Morgan fingerprint density at radius 1 is 1.34 bits per heavy atom. The molecule has 29 heavy (non-hydrogen) atoms. The Kier molecular flexibility index (Phi) is 6.77. The predicted octanol–water partition coefficient (Wildman–Crippen LogP) is 3.57. The molecule has 1 aliphatic rings. The second kappa shape index (κ2) is 9.47. The molecule has 2 heterocycles. The fraction of sp³-hybridized carbons (Fsp3) is 0.350. The Labute approximate surface area is 173 Å². The molecule has 2 aromatic rings. The molecule has 9 heteroatoms. The van der Waals surface area contributed by atoms with E-state index < -0.39 is 18.5 Å². The summed E-state index contributed by atoms with van der Waals surface area (Å²) in [6, 6.07) is 5.01. The molecular formula is C20H22ClN3O5. The van der Waals surface area contributed by atoms with E-state index in [2.05, 4.69) is 17.3 Å². The molecule has 154 valence electrons. The number of anilines is 1. The lowest BCUT2D eigenvalue weighted by Gasteiger charge is -2.06. The van der Waals surface area contributed by atoms with Crippen molar-refractivity contribution in [2.75, 3.05) is 18.7 Å². The topological polar surface area (TPSA) is 91.7 Å². The average molecular weight is 420 g/mol. The number of hydrogen-bond acceptors (Lipinski definition) is 6. The predicted molar refractivity (Wildman–Crippen MR) is 108 cm³/mol. The monoisotopic (exact) mass is 419 g/mol. The summed E-state index contributed by atoms with van der Waals surface area (Å²) in [5.41, 5.74) is 1.90. The first-order chi connectivity index (χ1) is 14.0. The number of esters is 1. The summed E-state index contributed by atoms with van der Waals surface area (Å²) in [6.45, 7) is 4.36. The van der Waals surface area contributed by atoms with Gasteiger partial charge in [0, 0.05) is 29.9 Å². The normalized spacial score (nSPS) is 12.4. The number of benzene rings is 1. The van der Waals surface area contributed by atoms with E-state index in [1.165, 1.54) is 6.08 Å². The molecule has 0 bridgehead atoms. The highest BCUT2D eigenvalue weighted by atomic mass is 35.5. The first kappa shape index (κ1) is 20.7. The molecule has 8 nitrogen and oxygen atoms in total. The van der Waals surface area contributed by atoms with Gasteiger partial charge in [-0.2, -0.15) is 5.10 Å². The van der Waals surface area contributed by atoms with Gasteiger partial charge in [0.15, 0.2) is 18.1 Å². The van der Waals surface area contributed by atoms with Crippen LogP contribution in [0, 0.1) is 6.92 Å². The zero-order valence-corrected chi connectivity index (χ0v) is 17.0. The van der Waals surface area contributed by atoms with Crippen molar-refractivity contribution in [2.45, 2.75) is 33.2 Å². The van der Waals surface area contributed by atoms with Gasteiger partial charge in [0.25, 0.3) is 5.91 Å². The number of unbranched alkanes of at least 4 members (excludes halogenated alkanes) is 1. The maximum absolute atomic E-state index is 12.0. The van der Waals surface area contributed by atoms with Gasteiger partial charge in [0.1, 0.15) is 5.15 Å². The van der Waals surface area contributed by atoms with Crippen molar-refractivity contribution in [3.05, 3.63) is 40.7 Å². The molecule has 0 fully saturated rings. The van der Waals surface area contributed by atoms with E-state index in [1.807, 2.05) is 6.92 Å². The van der Waals surface area contributed by atoms with Crippen molar-refractivity contribution < 1.29 is 23.8 Å². The molecule has 3 rings (SSSR count). The number of amides is 1. The Hall–Kier alpha value is -3.00. The highest BCUT2D eigenvalue weighted by Crippen LogP contribution is 2.34. The number of hydrogen-bond donors (Lipinski definition) is 1. The van der Waals surface area contributed by atoms with Gasteiger partial charge in [-0.25, -0.2) is 4.79 Å². The van der Waals surface area contributed by atoms with Crippen LogP contribution in [0.3, 0.4) is 0 Å². The Balaban J connectivity index is 1.50. The van der Waals surface area contributed by atoms with Crippen LogP contribution in [-0.4, -0.2) is 35.1 Å². The molecule has 0 radical (unpaired) electrons. The Morgan fingerprint density at radius 2 is 2.14 bits per heavy atom. The SMILES string of the molecule is CCCCn1nc(C)c(/C=C/C(=O)OCC(=O)Nc2ccc3c(c2)OCO3)c1Cl. The standard InChI is InChI=1S/C20H22ClN3O5/c1-3-4-9-24-20(21)15(13(2)23-24)6-8-19(26)27-11-18(25)22-14-5-7-16-17(10-14)29-12-28-16/h5-8,10H,3-4,9,11-12H2,1-2H3,(H,22,25)/b8-6+. The third kappa shape index (κ3) is 5.29. The largest absolute Gasteiger partial charge is 0.454 e. The molecule has 0 spiro atoms. The van der Waals surface area contributed by atoms with Crippen LogP contribution in [0.2, 0.25) is 5.15 Å². The summed E-state index contributed by atoms with van der Waals surface area (Å²) in [5.74, 6) is 0.0517. The highest BCUT2D eigenvalue weighted by molar-refractivity contribution is 6.31. The summed E-state index contributed by atoms with van der Waals surface area (Å²) in [6.07, 6.45) is 4.77. The van der Waals surface area contributed by atoms with Gasteiger partial charge < -0.3 is 19.5 Å². The number of aromatic nitrogens is 2. The lowest BCUT2D eigenvalue weighted by Crippen LogP contribution is -2.20. The summed E-state index contributed by atoms with van der Waals surface area (Å²) in [7, 11) is 0. The molecule has 0 atom stereocenters. The van der Waals surface area contributed by atoms with E-state index in [1.54, 1.807) is 29.0 Å². The van der Waals surface area contributed by atoms with Gasteiger partial charge in [-0.15, -0.1) is 0 Å². The number of nitrogens with one attached hydrogen (secondary N) is 1. The summed E-state index contributed by atoms with van der Waals surface area (Å²) >= 11 is 6.32. The maximum atomic E-state index is 12.0. The molecule has 0 unspecified atom stereocenters. The summed E-state index contributed by atoms with van der Waals surface area (Å²) < 4.78 is 17.2. The molecular weight excluding hydrogens is 398 g/mol. The van der Waals surface area contributed by atoms with Crippen molar-refractivity contribution in [3.8, 4) is 11.5 Å². The van der Waals surface area contributed by atoms with Crippen molar-refractivity contribution >= 4 is 35.2 Å². The van der Waals surface area contributed by atoms with E-state index in [0.29, 0.717) is 34.4 Å². The number of carbonyl (C=O) groups is 2. The number of carbonyl (C=O) groups excluding carboxylic acids is 2. The van der Waals surface area contributed by atoms with Gasteiger partial charge in [-0.3, -0.25) is 9.48 Å². The molecule has 1 aliphatic heterocycles. The lowest BCUT2D eigenvalue weighted by atomic mass is 10.2. The maximum Gasteiger partial charge on any atom is 0.331 e. The number of halogens is 1. The first-order valence-corrected chi connectivity index (χ1v) is 9.63. The molecule has 0 aliphatic carbocycles. The first-order valence-electron chi connectivity index (χ1n) is 9.25. The van der Waals surface area contributed by atoms with Crippen molar-refractivity contribution in [1.29, 1.82) is 0 Å². The molecule has 0 saturated carbocycles. The van der Waals surface area contributed by atoms with Gasteiger partial charge in [-0.1, -0.05) is 24.9 Å². The fourth-order valence-electron chi connectivity index (χ4n) is 2.72. The minimum absolute atomic E-state index is 0.150. The third-order valence-corrected chi connectivity index (χ3v) is 4.62. The minimum atomic E-state index is -0.650. The van der Waals surface area contributed by atoms with Gasteiger partial charge in [0.2, 0.25) is 6.79 Å². The van der Waals surface area contributed by atoms with Gasteiger partial charge >= 0.3 is 5.97 Å². The fourth-order valence-corrected chi connectivity index (χ4v) is 3.04.